The highest BCUT2D eigenvalue weighted by Crippen LogP contribution is 2.34. The van der Waals surface area contributed by atoms with E-state index in [4.69, 9.17) is 0 Å². The predicted octanol–water partition coefficient (Wildman–Crippen LogP) is 4.31. The number of hydrogen-bond acceptors (Lipinski definition) is 2. The van der Waals surface area contributed by atoms with E-state index < -0.39 is 17.6 Å². The van der Waals surface area contributed by atoms with E-state index in [0.717, 1.165) is 6.07 Å². The molecule has 0 aliphatic carbocycles. The Hall–Kier alpha value is -2.63. The van der Waals surface area contributed by atoms with E-state index in [9.17, 15) is 22.8 Å². The van der Waals surface area contributed by atoms with E-state index >= 15 is 0 Å². The number of halogens is 3. The Labute approximate surface area is 131 Å². The second-order valence-electron chi connectivity index (χ2n) is 4.88. The van der Waals surface area contributed by atoms with Gasteiger partial charge in [0.05, 0.1) is 11.3 Å². The molecule has 0 aliphatic heterocycles. The van der Waals surface area contributed by atoms with E-state index in [1.807, 2.05) is 0 Å². The van der Waals surface area contributed by atoms with Gasteiger partial charge >= 0.3 is 6.18 Å². The van der Waals surface area contributed by atoms with Crippen molar-refractivity contribution in [2.75, 3.05) is 5.32 Å². The van der Waals surface area contributed by atoms with Crippen molar-refractivity contribution in [1.29, 1.82) is 0 Å². The molecule has 0 fully saturated rings. The number of benzene rings is 2. The molecule has 0 bridgehead atoms. The van der Waals surface area contributed by atoms with Crippen LogP contribution in [0.15, 0.2) is 54.6 Å². The number of ketones is 1. The van der Waals surface area contributed by atoms with Crippen molar-refractivity contribution in [1.82, 2.24) is 0 Å². The van der Waals surface area contributed by atoms with Gasteiger partial charge in [0, 0.05) is 18.4 Å². The summed E-state index contributed by atoms with van der Waals surface area (Å²) in [5.41, 5.74) is -0.754. The summed E-state index contributed by atoms with van der Waals surface area (Å²) < 4.78 is 38.5. The van der Waals surface area contributed by atoms with Crippen LogP contribution in [0.5, 0.6) is 0 Å². The molecular formula is C17H14F3NO2. The molecule has 2 rings (SSSR count). The minimum absolute atomic E-state index is 0.0654. The largest absolute Gasteiger partial charge is 0.418 e. The van der Waals surface area contributed by atoms with Crippen LogP contribution in [-0.2, 0) is 11.0 Å². The monoisotopic (exact) mass is 321 g/mol. The van der Waals surface area contributed by atoms with Gasteiger partial charge in [0.2, 0.25) is 5.91 Å². The summed E-state index contributed by atoms with van der Waals surface area (Å²) in [6, 6.07) is 13.1. The third kappa shape index (κ3) is 4.67. The van der Waals surface area contributed by atoms with Crippen LogP contribution >= 0.6 is 0 Å². The van der Waals surface area contributed by atoms with Crippen molar-refractivity contribution < 1.29 is 22.8 Å². The van der Waals surface area contributed by atoms with Crippen LogP contribution in [0.25, 0.3) is 0 Å². The zero-order valence-corrected chi connectivity index (χ0v) is 12.1. The Bertz CT molecular complexity index is 696. The molecular weight excluding hydrogens is 307 g/mol. The number of anilines is 1. The molecule has 0 aliphatic rings. The summed E-state index contributed by atoms with van der Waals surface area (Å²) in [7, 11) is 0. The van der Waals surface area contributed by atoms with Gasteiger partial charge in [-0.1, -0.05) is 42.5 Å². The standard InChI is InChI=1S/C17H14F3NO2/c18-17(19,20)13-8-4-5-9-14(13)21-16(23)11-10-15(22)12-6-2-1-3-7-12/h1-9H,10-11H2,(H,21,23). The molecule has 2 aromatic rings. The lowest BCUT2D eigenvalue weighted by Gasteiger charge is -2.13. The maximum Gasteiger partial charge on any atom is 0.418 e. The summed E-state index contributed by atoms with van der Waals surface area (Å²) >= 11 is 0. The van der Waals surface area contributed by atoms with Gasteiger partial charge in [-0.15, -0.1) is 0 Å². The number of nitrogens with one attached hydrogen (secondary N) is 1. The second kappa shape index (κ2) is 7.09. The smallest absolute Gasteiger partial charge is 0.325 e. The lowest BCUT2D eigenvalue weighted by molar-refractivity contribution is -0.137. The van der Waals surface area contributed by atoms with E-state index in [0.29, 0.717) is 5.56 Å². The van der Waals surface area contributed by atoms with Crippen LogP contribution in [0.4, 0.5) is 18.9 Å². The third-order valence-electron chi connectivity index (χ3n) is 3.18. The summed E-state index contributed by atoms with van der Waals surface area (Å²) in [4.78, 5) is 23.7. The highest BCUT2D eigenvalue weighted by atomic mass is 19.4. The van der Waals surface area contributed by atoms with Gasteiger partial charge in [-0.25, -0.2) is 0 Å². The van der Waals surface area contributed by atoms with Crippen LogP contribution in [0, 0.1) is 0 Å². The minimum Gasteiger partial charge on any atom is -0.325 e. The lowest BCUT2D eigenvalue weighted by atomic mass is 10.1. The number of rotatable bonds is 5. The first-order valence-corrected chi connectivity index (χ1v) is 6.92. The number of hydrogen-bond donors (Lipinski definition) is 1. The van der Waals surface area contributed by atoms with Gasteiger partial charge in [-0.2, -0.15) is 13.2 Å². The second-order valence-corrected chi connectivity index (χ2v) is 4.88. The van der Waals surface area contributed by atoms with Crippen molar-refractivity contribution in [2.45, 2.75) is 19.0 Å². The number of carbonyl (C=O) groups excluding carboxylic acids is 2. The van der Waals surface area contributed by atoms with Crippen molar-refractivity contribution in [3.63, 3.8) is 0 Å². The molecule has 2 aromatic carbocycles. The third-order valence-corrected chi connectivity index (χ3v) is 3.18. The number of amides is 1. The fourth-order valence-corrected chi connectivity index (χ4v) is 2.05. The summed E-state index contributed by atoms with van der Waals surface area (Å²) in [5, 5.41) is 2.21. The van der Waals surface area contributed by atoms with Crippen molar-refractivity contribution in [2.24, 2.45) is 0 Å². The lowest BCUT2D eigenvalue weighted by Crippen LogP contribution is -2.17. The quantitative estimate of drug-likeness (QED) is 0.834. The summed E-state index contributed by atoms with van der Waals surface area (Å²) in [6.45, 7) is 0. The minimum atomic E-state index is -4.55. The molecule has 0 spiro atoms. The fraction of sp³-hybridized carbons (Fsp3) is 0.176. The van der Waals surface area contributed by atoms with Gasteiger partial charge in [-0.05, 0) is 12.1 Å². The molecule has 120 valence electrons. The average Bonchev–Trinajstić information content (AvgIpc) is 2.53. The van der Waals surface area contributed by atoms with Gasteiger partial charge in [0.25, 0.3) is 0 Å². The van der Waals surface area contributed by atoms with Crippen LogP contribution in [0.3, 0.4) is 0 Å². The molecule has 6 heteroatoms. The predicted molar refractivity (Wildman–Crippen MR) is 80.1 cm³/mol. The highest BCUT2D eigenvalue weighted by Gasteiger charge is 2.33. The van der Waals surface area contributed by atoms with E-state index in [1.54, 1.807) is 30.3 Å². The van der Waals surface area contributed by atoms with E-state index in [2.05, 4.69) is 5.32 Å². The zero-order chi connectivity index (χ0) is 16.9. The SMILES string of the molecule is O=C(CCC(=O)c1ccccc1)Nc1ccccc1C(F)(F)F. The molecule has 0 saturated carbocycles. The van der Waals surface area contributed by atoms with Gasteiger partial charge in [0.1, 0.15) is 0 Å². The summed E-state index contributed by atoms with van der Waals surface area (Å²) in [6.07, 6.45) is -4.80. The Kier molecular flexibility index (Phi) is 5.16. The molecule has 3 nitrogen and oxygen atoms in total. The maximum absolute atomic E-state index is 12.8. The molecule has 23 heavy (non-hydrogen) atoms. The van der Waals surface area contributed by atoms with Crippen molar-refractivity contribution in [3.05, 3.63) is 65.7 Å². The molecule has 1 amide bonds. The zero-order valence-electron chi connectivity index (χ0n) is 12.1. The molecule has 0 saturated heterocycles. The number of carbonyl (C=O) groups is 2. The highest BCUT2D eigenvalue weighted by molar-refractivity contribution is 6.00. The molecule has 0 heterocycles. The summed E-state index contributed by atoms with van der Waals surface area (Å²) in [5.74, 6) is -0.865. The molecule has 0 aromatic heterocycles. The van der Waals surface area contributed by atoms with E-state index in [-0.39, 0.29) is 24.3 Å². The number of Topliss-reactive ketones (excluding diaryl/α,β-unsaturated/α-hetero) is 1. The van der Waals surface area contributed by atoms with Crippen LogP contribution in [0.2, 0.25) is 0 Å². The fourth-order valence-electron chi connectivity index (χ4n) is 2.05. The van der Waals surface area contributed by atoms with Crippen LogP contribution < -0.4 is 5.32 Å². The molecule has 0 atom stereocenters. The van der Waals surface area contributed by atoms with Crippen molar-refractivity contribution in [3.8, 4) is 0 Å². The molecule has 0 radical (unpaired) electrons. The van der Waals surface area contributed by atoms with Crippen LogP contribution in [-0.4, -0.2) is 11.7 Å². The first-order chi connectivity index (χ1) is 10.9. The van der Waals surface area contributed by atoms with Gasteiger partial charge < -0.3 is 5.32 Å². The average molecular weight is 321 g/mol. The van der Waals surface area contributed by atoms with Crippen LogP contribution in [0.1, 0.15) is 28.8 Å². The first kappa shape index (κ1) is 16.7. The van der Waals surface area contributed by atoms with Gasteiger partial charge in [0.15, 0.2) is 5.78 Å². The Morgan fingerprint density at radius 2 is 1.48 bits per heavy atom. The van der Waals surface area contributed by atoms with E-state index in [1.165, 1.54) is 18.2 Å². The maximum atomic E-state index is 12.8. The van der Waals surface area contributed by atoms with Crippen molar-refractivity contribution >= 4 is 17.4 Å². The Morgan fingerprint density at radius 3 is 2.13 bits per heavy atom. The molecule has 0 unspecified atom stereocenters. The number of para-hydroxylation sites is 1. The Morgan fingerprint density at radius 1 is 0.870 bits per heavy atom. The topological polar surface area (TPSA) is 46.2 Å². The first-order valence-electron chi connectivity index (χ1n) is 6.92. The normalized spacial score (nSPS) is 11.1. The molecule has 1 N–H and O–H groups in total. The van der Waals surface area contributed by atoms with Gasteiger partial charge in [-0.3, -0.25) is 9.59 Å². The number of alkyl halides is 3. The Balaban J connectivity index is 1.97.